The molecular weight excluding hydrogens is 194 g/mol. The summed E-state index contributed by atoms with van der Waals surface area (Å²) in [6, 6.07) is 4.00. The van der Waals surface area contributed by atoms with Gasteiger partial charge < -0.3 is 5.11 Å². The van der Waals surface area contributed by atoms with Crippen molar-refractivity contribution in [3.8, 4) is 0 Å². The fourth-order valence-electron chi connectivity index (χ4n) is 0.799. The first-order valence-corrected chi connectivity index (χ1v) is 3.63. The Hall–Kier alpha value is -1.64. The van der Waals surface area contributed by atoms with E-state index in [0.29, 0.717) is 0 Å². The van der Waals surface area contributed by atoms with Crippen molar-refractivity contribution in [1.82, 2.24) is 0 Å². The van der Waals surface area contributed by atoms with Crippen molar-refractivity contribution in [2.24, 2.45) is 4.99 Å². The highest BCUT2D eigenvalue weighted by atomic mass is 35.5. The van der Waals surface area contributed by atoms with E-state index < -0.39 is 5.97 Å². The first-order valence-electron chi connectivity index (χ1n) is 3.26. The molecule has 13 heavy (non-hydrogen) atoms. The molecule has 0 heterocycles. The number of carbonyl (C=O) groups excluding carboxylic acids is 1. The average molecular weight is 198 g/mol. The lowest BCUT2D eigenvalue weighted by Gasteiger charge is -1.97. The molecule has 0 amide bonds. The quantitative estimate of drug-likeness (QED) is 0.583. The minimum absolute atomic E-state index is 0.0850. The Bertz CT molecular complexity index is 396. The summed E-state index contributed by atoms with van der Waals surface area (Å²) >= 11 is 5.57. The molecule has 0 unspecified atom stereocenters. The lowest BCUT2D eigenvalue weighted by Crippen LogP contribution is -1.96. The van der Waals surface area contributed by atoms with Crippen molar-refractivity contribution in [2.75, 3.05) is 0 Å². The number of aromatic carboxylic acids is 1. The number of isocyanates is 1. The minimum Gasteiger partial charge on any atom is -0.478 e. The van der Waals surface area contributed by atoms with E-state index in [2.05, 4.69) is 4.99 Å². The molecule has 0 aliphatic carbocycles. The molecule has 1 aromatic carbocycles. The highest BCUT2D eigenvalue weighted by Crippen LogP contribution is 2.21. The molecule has 0 fully saturated rings. The molecular formula is C8H4ClNO3. The van der Waals surface area contributed by atoms with Crippen molar-refractivity contribution in [1.29, 1.82) is 0 Å². The summed E-state index contributed by atoms with van der Waals surface area (Å²) in [4.78, 5) is 23.7. The summed E-state index contributed by atoms with van der Waals surface area (Å²) in [5, 5.41) is 8.74. The summed E-state index contributed by atoms with van der Waals surface area (Å²) in [5.74, 6) is -1.16. The number of hydrogen-bond acceptors (Lipinski definition) is 3. The molecule has 1 N–H and O–H groups in total. The Labute approximate surface area is 78.5 Å². The molecule has 66 valence electrons. The molecule has 1 aromatic rings. The van der Waals surface area contributed by atoms with Crippen LogP contribution in [0.1, 0.15) is 10.4 Å². The number of carboxylic acids is 1. The highest BCUT2D eigenvalue weighted by Gasteiger charge is 2.08. The van der Waals surface area contributed by atoms with Gasteiger partial charge in [-0.2, -0.15) is 4.99 Å². The summed E-state index contributed by atoms with van der Waals surface area (Å²) < 4.78 is 0. The monoisotopic (exact) mass is 197 g/mol. The Kier molecular flexibility index (Phi) is 2.80. The third kappa shape index (κ3) is 2.15. The van der Waals surface area contributed by atoms with Gasteiger partial charge in [-0.1, -0.05) is 11.6 Å². The average Bonchev–Trinajstić information content (AvgIpc) is 2.08. The van der Waals surface area contributed by atoms with E-state index in [4.69, 9.17) is 16.7 Å². The Morgan fingerprint density at radius 1 is 1.54 bits per heavy atom. The number of halogens is 1. The van der Waals surface area contributed by atoms with Gasteiger partial charge in [0.1, 0.15) is 0 Å². The van der Waals surface area contributed by atoms with Crippen LogP contribution < -0.4 is 0 Å². The van der Waals surface area contributed by atoms with Crippen LogP contribution in [0.25, 0.3) is 0 Å². The van der Waals surface area contributed by atoms with Crippen LogP contribution in [-0.2, 0) is 4.79 Å². The Balaban J connectivity index is 3.26. The van der Waals surface area contributed by atoms with E-state index in [1.165, 1.54) is 24.3 Å². The van der Waals surface area contributed by atoms with E-state index in [9.17, 15) is 9.59 Å². The Morgan fingerprint density at radius 2 is 2.23 bits per heavy atom. The van der Waals surface area contributed by atoms with Gasteiger partial charge in [0, 0.05) is 0 Å². The first-order chi connectivity index (χ1) is 6.15. The first kappa shape index (κ1) is 9.45. The van der Waals surface area contributed by atoms with Gasteiger partial charge in [-0.25, -0.2) is 9.59 Å². The van der Waals surface area contributed by atoms with E-state index in [1.807, 2.05) is 0 Å². The maximum Gasteiger partial charge on any atom is 0.337 e. The fourth-order valence-corrected chi connectivity index (χ4v) is 0.998. The molecule has 0 saturated heterocycles. The predicted octanol–water partition coefficient (Wildman–Crippen LogP) is 2.01. The Morgan fingerprint density at radius 3 is 2.77 bits per heavy atom. The second-order valence-electron chi connectivity index (χ2n) is 2.17. The molecule has 5 heteroatoms. The molecule has 0 aliphatic heterocycles. The van der Waals surface area contributed by atoms with Gasteiger partial charge >= 0.3 is 5.97 Å². The van der Waals surface area contributed by atoms with Crippen LogP contribution in [0.15, 0.2) is 23.2 Å². The standard InChI is InChI=1S/C8H4ClNO3/c9-7-2-1-5(10-4-11)3-6(7)8(12)13/h1-3H,(H,12,13). The minimum atomic E-state index is -1.16. The van der Waals surface area contributed by atoms with Crippen LogP contribution in [-0.4, -0.2) is 17.2 Å². The summed E-state index contributed by atoms with van der Waals surface area (Å²) in [5.41, 5.74) is 0.134. The van der Waals surface area contributed by atoms with Crippen LogP contribution in [0.5, 0.6) is 0 Å². The summed E-state index contributed by atoms with van der Waals surface area (Å²) in [6.45, 7) is 0. The SMILES string of the molecule is O=C=Nc1ccc(Cl)c(C(=O)O)c1. The number of aliphatic imine (C=N–C) groups is 1. The van der Waals surface area contributed by atoms with Crippen molar-refractivity contribution < 1.29 is 14.7 Å². The van der Waals surface area contributed by atoms with E-state index in [1.54, 1.807) is 0 Å². The third-order valence-electron chi connectivity index (χ3n) is 1.36. The maximum absolute atomic E-state index is 10.6. The molecule has 0 aromatic heterocycles. The van der Waals surface area contributed by atoms with Crippen LogP contribution >= 0.6 is 11.6 Å². The van der Waals surface area contributed by atoms with Gasteiger partial charge in [0.25, 0.3) is 0 Å². The van der Waals surface area contributed by atoms with Gasteiger partial charge in [0.2, 0.25) is 6.08 Å². The van der Waals surface area contributed by atoms with Gasteiger partial charge in [-0.3, -0.25) is 0 Å². The van der Waals surface area contributed by atoms with Crippen LogP contribution in [0.3, 0.4) is 0 Å². The number of benzene rings is 1. The van der Waals surface area contributed by atoms with Crippen molar-refractivity contribution in [2.45, 2.75) is 0 Å². The second kappa shape index (κ2) is 3.85. The molecule has 0 atom stereocenters. The molecule has 0 radical (unpaired) electrons. The number of carboxylic acid groups (broad SMARTS) is 1. The number of carbonyl (C=O) groups is 1. The normalized spacial score (nSPS) is 9.00. The molecule has 0 bridgehead atoms. The van der Waals surface area contributed by atoms with Crippen molar-refractivity contribution >= 4 is 29.3 Å². The smallest absolute Gasteiger partial charge is 0.337 e. The highest BCUT2D eigenvalue weighted by molar-refractivity contribution is 6.33. The number of rotatable bonds is 2. The largest absolute Gasteiger partial charge is 0.478 e. The van der Waals surface area contributed by atoms with Gasteiger partial charge in [-0.15, -0.1) is 0 Å². The lowest BCUT2D eigenvalue weighted by atomic mass is 10.2. The van der Waals surface area contributed by atoms with Gasteiger partial charge in [0.15, 0.2) is 0 Å². The second-order valence-corrected chi connectivity index (χ2v) is 2.58. The van der Waals surface area contributed by atoms with E-state index in [0.717, 1.165) is 0 Å². The topological polar surface area (TPSA) is 66.7 Å². The molecule has 1 rings (SSSR count). The molecule has 0 spiro atoms. The van der Waals surface area contributed by atoms with Gasteiger partial charge in [-0.05, 0) is 18.2 Å². The lowest BCUT2D eigenvalue weighted by molar-refractivity contribution is 0.0697. The zero-order valence-corrected chi connectivity index (χ0v) is 7.08. The fraction of sp³-hybridized carbons (Fsp3) is 0. The third-order valence-corrected chi connectivity index (χ3v) is 1.68. The van der Waals surface area contributed by atoms with Crippen molar-refractivity contribution in [3.05, 3.63) is 28.8 Å². The zero-order chi connectivity index (χ0) is 9.84. The molecule has 0 aliphatic rings. The van der Waals surface area contributed by atoms with E-state index in [-0.39, 0.29) is 16.3 Å². The van der Waals surface area contributed by atoms with Crippen LogP contribution in [0, 0.1) is 0 Å². The maximum atomic E-state index is 10.6. The summed E-state index contributed by atoms with van der Waals surface area (Å²) in [7, 11) is 0. The number of nitrogens with zero attached hydrogens (tertiary/aromatic N) is 1. The van der Waals surface area contributed by atoms with Gasteiger partial charge in [0.05, 0.1) is 16.3 Å². The summed E-state index contributed by atoms with van der Waals surface area (Å²) in [6.07, 6.45) is 1.31. The number of hydrogen-bond donors (Lipinski definition) is 1. The molecule has 4 nitrogen and oxygen atoms in total. The zero-order valence-electron chi connectivity index (χ0n) is 6.32. The van der Waals surface area contributed by atoms with Crippen LogP contribution in [0.4, 0.5) is 5.69 Å². The predicted molar refractivity (Wildman–Crippen MR) is 46.2 cm³/mol. The molecule has 0 saturated carbocycles. The van der Waals surface area contributed by atoms with Crippen LogP contribution in [0.2, 0.25) is 5.02 Å². The van der Waals surface area contributed by atoms with Crippen molar-refractivity contribution in [3.63, 3.8) is 0 Å². The van der Waals surface area contributed by atoms with E-state index >= 15 is 0 Å².